The number of nitrogens with zero attached hydrogens (tertiary/aromatic N) is 2. The Morgan fingerprint density at radius 1 is 1.67 bits per heavy atom. The molecule has 0 spiro atoms. The van der Waals surface area contributed by atoms with E-state index in [2.05, 4.69) is 14.7 Å². The van der Waals surface area contributed by atoms with Gasteiger partial charge in [0, 0.05) is 24.2 Å². The summed E-state index contributed by atoms with van der Waals surface area (Å²) in [6.07, 6.45) is 2.03. The van der Waals surface area contributed by atoms with Gasteiger partial charge >= 0.3 is 0 Å². The molecule has 1 atom stereocenters. The fourth-order valence-corrected chi connectivity index (χ4v) is 2.27. The third-order valence-electron chi connectivity index (χ3n) is 2.45. The van der Waals surface area contributed by atoms with Gasteiger partial charge in [-0.25, -0.2) is 4.98 Å². The van der Waals surface area contributed by atoms with Crippen molar-refractivity contribution in [3.63, 3.8) is 0 Å². The molecule has 0 aliphatic rings. The maximum absolute atomic E-state index is 8.92. The molecule has 0 amide bonds. The second kappa shape index (κ2) is 4.30. The van der Waals surface area contributed by atoms with Crippen molar-refractivity contribution < 1.29 is 5.11 Å². The third kappa shape index (κ3) is 2.04. The minimum absolute atomic E-state index is 0.119. The molecule has 0 radical (unpaired) electrons. The van der Waals surface area contributed by atoms with E-state index in [9.17, 15) is 0 Å². The largest absolute Gasteiger partial charge is 0.395 e. The molecule has 0 aliphatic heterocycles. The molecule has 0 bridgehead atoms. The van der Waals surface area contributed by atoms with E-state index >= 15 is 0 Å². The second-order valence-corrected chi connectivity index (χ2v) is 4.54. The standard InChI is InChI=1S/C10H15N3OS/c1-7(6-14)11-5-9-8(2)12-10-13(9)3-4-15-10/h3-4,7,11,14H,5-6H2,1-2H3/t7-/m0/s1. The summed E-state index contributed by atoms with van der Waals surface area (Å²) in [6, 6.07) is 0.119. The average molecular weight is 225 g/mol. The highest BCUT2D eigenvalue weighted by Gasteiger charge is 2.09. The van der Waals surface area contributed by atoms with Gasteiger partial charge in [-0.15, -0.1) is 11.3 Å². The van der Waals surface area contributed by atoms with Crippen LogP contribution in [0, 0.1) is 6.92 Å². The smallest absolute Gasteiger partial charge is 0.194 e. The number of thiazole rings is 1. The summed E-state index contributed by atoms with van der Waals surface area (Å²) in [6.45, 7) is 4.87. The molecule has 0 saturated heterocycles. The molecule has 0 fully saturated rings. The van der Waals surface area contributed by atoms with E-state index in [0.717, 1.165) is 17.2 Å². The monoisotopic (exact) mass is 225 g/mol. The van der Waals surface area contributed by atoms with Gasteiger partial charge in [0.1, 0.15) is 0 Å². The van der Waals surface area contributed by atoms with Crippen molar-refractivity contribution in [3.05, 3.63) is 23.0 Å². The number of nitrogens with one attached hydrogen (secondary N) is 1. The van der Waals surface area contributed by atoms with Crippen LogP contribution < -0.4 is 5.32 Å². The fraction of sp³-hybridized carbons (Fsp3) is 0.500. The normalized spacial score (nSPS) is 13.5. The number of aliphatic hydroxyl groups excluding tert-OH is 1. The first-order valence-electron chi connectivity index (χ1n) is 4.97. The molecule has 5 heteroatoms. The predicted molar refractivity (Wildman–Crippen MR) is 61.2 cm³/mol. The van der Waals surface area contributed by atoms with Crippen molar-refractivity contribution in [1.82, 2.24) is 14.7 Å². The van der Waals surface area contributed by atoms with Crippen LogP contribution in [0.5, 0.6) is 0 Å². The molecular formula is C10H15N3OS. The van der Waals surface area contributed by atoms with Crippen LogP contribution in [0.1, 0.15) is 18.3 Å². The third-order valence-corrected chi connectivity index (χ3v) is 3.21. The Labute approximate surface area is 92.6 Å². The molecule has 2 aromatic heterocycles. The minimum atomic E-state index is 0.119. The van der Waals surface area contributed by atoms with Crippen molar-refractivity contribution in [2.24, 2.45) is 0 Å². The summed E-state index contributed by atoms with van der Waals surface area (Å²) in [5, 5.41) is 14.2. The first-order valence-corrected chi connectivity index (χ1v) is 5.85. The molecule has 0 saturated carbocycles. The van der Waals surface area contributed by atoms with Gasteiger partial charge in [0.05, 0.1) is 18.0 Å². The van der Waals surface area contributed by atoms with Crippen LogP contribution in [-0.4, -0.2) is 27.1 Å². The Morgan fingerprint density at radius 2 is 2.47 bits per heavy atom. The summed E-state index contributed by atoms with van der Waals surface area (Å²) in [5.74, 6) is 0. The zero-order valence-electron chi connectivity index (χ0n) is 8.90. The first kappa shape index (κ1) is 10.6. The zero-order chi connectivity index (χ0) is 10.8. The molecule has 0 aromatic carbocycles. The highest BCUT2D eigenvalue weighted by molar-refractivity contribution is 7.15. The van der Waals surface area contributed by atoms with E-state index in [4.69, 9.17) is 5.11 Å². The first-order chi connectivity index (χ1) is 7.22. The fourth-order valence-electron chi connectivity index (χ4n) is 1.49. The maximum Gasteiger partial charge on any atom is 0.194 e. The molecule has 2 N–H and O–H groups in total. The summed E-state index contributed by atoms with van der Waals surface area (Å²) in [4.78, 5) is 5.48. The number of aliphatic hydroxyl groups is 1. The molecule has 2 aromatic rings. The number of aromatic nitrogens is 2. The number of aryl methyl sites for hydroxylation is 1. The van der Waals surface area contributed by atoms with Gasteiger partial charge in [-0.3, -0.25) is 4.40 Å². The molecule has 2 rings (SSSR count). The highest BCUT2D eigenvalue weighted by atomic mass is 32.1. The van der Waals surface area contributed by atoms with Crippen molar-refractivity contribution in [2.75, 3.05) is 6.61 Å². The Hall–Kier alpha value is -0.910. The molecule has 0 unspecified atom stereocenters. The van der Waals surface area contributed by atoms with Crippen LogP contribution in [0.4, 0.5) is 0 Å². The van der Waals surface area contributed by atoms with Gasteiger partial charge in [-0.05, 0) is 13.8 Å². The lowest BCUT2D eigenvalue weighted by molar-refractivity contribution is 0.250. The van der Waals surface area contributed by atoms with E-state index in [1.165, 1.54) is 5.69 Å². The van der Waals surface area contributed by atoms with Gasteiger partial charge in [-0.1, -0.05) is 0 Å². The van der Waals surface area contributed by atoms with Crippen molar-refractivity contribution in [2.45, 2.75) is 26.4 Å². The lowest BCUT2D eigenvalue weighted by atomic mass is 10.3. The SMILES string of the molecule is Cc1nc2sccn2c1CN[C@@H](C)CO. The molecular weight excluding hydrogens is 210 g/mol. The Morgan fingerprint density at radius 3 is 3.20 bits per heavy atom. The molecule has 15 heavy (non-hydrogen) atoms. The molecule has 82 valence electrons. The molecule has 4 nitrogen and oxygen atoms in total. The lowest BCUT2D eigenvalue weighted by Gasteiger charge is -2.10. The number of imidazole rings is 1. The van der Waals surface area contributed by atoms with Crippen LogP contribution in [0.15, 0.2) is 11.6 Å². The summed E-state index contributed by atoms with van der Waals surface area (Å²) < 4.78 is 2.09. The quantitative estimate of drug-likeness (QED) is 0.821. The minimum Gasteiger partial charge on any atom is -0.395 e. The van der Waals surface area contributed by atoms with Gasteiger partial charge in [0.2, 0.25) is 0 Å². The van der Waals surface area contributed by atoms with Crippen molar-refractivity contribution in [3.8, 4) is 0 Å². The van der Waals surface area contributed by atoms with Crippen LogP contribution >= 0.6 is 11.3 Å². The van der Waals surface area contributed by atoms with Crippen LogP contribution in [0.25, 0.3) is 4.96 Å². The average Bonchev–Trinajstić information content (AvgIpc) is 2.75. The Bertz CT molecular complexity index is 448. The summed E-state index contributed by atoms with van der Waals surface area (Å²) in [7, 11) is 0. The van der Waals surface area contributed by atoms with E-state index in [1.54, 1.807) is 11.3 Å². The van der Waals surface area contributed by atoms with Gasteiger partial charge in [0.15, 0.2) is 4.96 Å². The number of fused-ring (bicyclic) bond motifs is 1. The zero-order valence-corrected chi connectivity index (χ0v) is 9.71. The Kier molecular flexibility index (Phi) is 3.04. The number of rotatable bonds is 4. The molecule has 2 heterocycles. The van der Waals surface area contributed by atoms with Gasteiger partial charge in [0.25, 0.3) is 0 Å². The maximum atomic E-state index is 8.92. The lowest BCUT2D eigenvalue weighted by Crippen LogP contribution is -2.29. The van der Waals surface area contributed by atoms with E-state index in [-0.39, 0.29) is 12.6 Å². The summed E-state index contributed by atoms with van der Waals surface area (Å²) >= 11 is 1.64. The number of hydrogen-bond acceptors (Lipinski definition) is 4. The van der Waals surface area contributed by atoms with Crippen molar-refractivity contribution >= 4 is 16.3 Å². The van der Waals surface area contributed by atoms with Crippen LogP contribution in [-0.2, 0) is 6.54 Å². The second-order valence-electron chi connectivity index (χ2n) is 3.66. The Balaban J connectivity index is 2.19. The van der Waals surface area contributed by atoms with Gasteiger partial charge < -0.3 is 10.4 Å². The highest BCUT2D eigenvalue weighted by Crippen LogP contribution is 2.16. The van der Waals surface area contributed by atoms with E-state index in [1.807, 2.05) is 25.4 Å². The van der Waals surface area contributed by atoms with Crippen LogP contribution in [0.2, 0.25) is 0 Å². The van der Waals surface area contributed by atoms with E-state index in [0.29, 0.717) is 0 Å². The van der Waals surface area contributed by atoms with Gasteiger partial charge in [-0.2, -0.15) is 0 Å². The number of hydrogen-bond donors (Lipinski definition) is 2. The molecule has 0 aliphatic carbocycles. The summed E-state index contributed by atoms with van der Waals surface area (Å²) in [5.41, 5.74) is 2.23. The van der Waals surface area contributed by atoms with Crippen LogP contribution in [0.3, 0.4) is 0 Å². The van der Waals surface area contributed by atoms with Crippen molar-refractivity contribution in [1.29, 1.82) is 0 Å². The topological polar surface area (TPSA) is 49.6 Å². The predicted octanol–water partition coefficient (Wildman–Crippen LogP) is 1.17. The van der Waals surface area contributed by atoms with E-state index < -0.39 is 0 Å².